The average molecular weight is 274 g/mol. The quantitative estimate of drug-likeness (QED) is 0.785. The number of ether oxygens (including phenoxy) is 1. The van der Waals surface area contributed by atoms with Crippen LogP contribution in [0.15, 0.2) is 18.2 Å². The van der Waals surface area contributed by atoms with E-state index < -0.39 is 0 Å². The summed E-state index contributed by atoms with van der Waals surface area (Å²) in [7, 11) is 0. The number of rotatable bonds is 3. The lowest BCUT2D eigenvalue weighted by Crippen LogP contribution is -2.40. The second kappa shape index (κ2) is 5.60. The molecule has 6 heteroatoms. The van der Waals surface area contributed by atoms with Crippen LogP contribution >= 0.6 is 0 Å². The Bertz CT molecular complexity index is 617. The molecule has 1 amide bonds. The highest BCUT2D eigenvalue weighted by Gasteiger charge is 2.17. The Labute approximate surface area is 116 Å². The molecule has 20 heavy (non-hydrogen) atoms. The standard InChI is InChI=1S/C14H18N4O2/c1-9-16-12-3-2-10(6-13(12)17-9)18-14(19)7-11-8-15-4-5-20-11/h2-3,6,11,15H,4-5,7-8H2,1H3,(H,16,17)(H,18,19). The number of hydrogen-bond acceptors (Lipinski definition) is 4. The molecule has 1 aliphatic rings. The van der Waals surface area contributed by atoms with E-state index in [9.17, 15) is 4.79 Å². The SMILES string of the molecule is Cc1nc2ccc(NC(=O)CC3CNCCO3)cc2[nH]1. The van der Waals surface area contributed by atoms with Crippen molar-refractivity contribution >= 4 is 22.6 Å². The molecule has 3 N–H and O–H groups in total. The molecule has 2 heterocycles. The van der Waals surface area contributed by atoms with Gasteiger partial charge in [0.1, 0.15) is 5.82 Å². The van der Waals surface area contributed by atoms with Crippen LogP contribution in [0.2, 0.25) is 0 Å². The van der Waals surface area contributed by atoms with Crippen molar-refractivity contribution in [2.45, 2.75) is 19.4 Å². The van der Waals surface area contributed by atoms with E-state index in [1.165, 1.54) is 0 Å². The summed E-state index contributed by atoms with van der Waals surface area (Å²) in [4.78, 5) is 19.5. The van der Waals surface area contributed by atoms with E-state index in [4.69, 9.17) is 4.74 Å². The van der Waals surface area contributed by atoms with Gasteiger partial charge in [0.15, 0.2) is 0 Å². The molecule has 1 aliphatic heterocycles. The van der Waals surface area contributed by atoms with Gasteiger partial charge >= 0.3 is 0 Å². The molecule has 0 bridgehead atoms. The number of fused-ring (bicyclic) bond motifs is 1. The van der Waals surface area contributed by atoms with Crippen LogP contribution in [0.25, 0.3) is 11.0 Å². The van der Waals surface area contributed by atoms with Gasteiger partial charge in [0, 0.05) is 18.8 Å². The zero-order valence-corrected chi connectivity index (χ0v) is 11.4. The van der Waals surface area contributed by atoms with Gasteiger partial charge in [0.05, 0.1) is 30.2 Å². The van der Waals surface area contributed by atoms with Gasteiger partial charge < -0.3 is 20.4 Å². The van der Waals surface area contributed by atoms with E-state index >= 15 is 0 Å². The van der Waals surface area contributed by atoms with E-state index in [1.807, 2.05) is 25.1 Å². The van der Waals surface area contributed by atoms with Gasteiger partial charge in [0.2, 0.25) is 5.91 Å². The largest absolute Gasteiger partial charge is 0.375 e. The summed E-state index contributed by atoms with van der Waals surface area (Å²) in [5, 5.41) is 6.11. The van der Waals surface area contributed by atoms with Crippen molar-refractivity contribution < 1.29 is 9.53 Å². The molecule has 1 aromatic heterocycles. The van der Waals surface area contributed by atoms with Crippen molar-refractivity contribution in [3.05, 3.63) is 24.0 Å². The van der Waals surface area contributed by atoms with Crippen LogP contribution in [0.1, 0.15) is 12.2 Å². The van der Waals surface area contributed by atoms with Crippen LogP contribution in [0.5, 0.6) is 0 Å². The second-order valence-electron chi connectivity index (χ2n) is 5.00. The third kappa shape index (κ3) is 2.97. The van der Waals surface area contributed by atoms with Crippen LogP contribution in [0.3, 0.4) is 0 Å². The Hall–Kier alpha value is -1.92. The van der Waals surface area contributed by atoms with Crippen molar-refractivity contribution in [1.82, 2.24) is 15.3 Å². The number of amides is 1. The first-order valence-electron chi connectivity index (χ1n) is 6.79. The highest BCUT2D eigenvalue weighted by atomic mass is 16.5. The Morgan fingerprint density at radius 3 is 3.25 bits per heavy atom. The number of aromatic amines is 1. The lowest BCUT2D eigenvalue weighted by atomic mass is 10.2. The van der Waals surface area contributed by atoms with Crippen LogP contribution in [0.4, 0.5) is 5.69 Å². The lowest BCUT2D eigenvalue weighted by molar-refractivity contribution is -0.119. The first kappa shape index (κ1) is 13.1. The summed E-state index contributed by atoms with van der Waals surface area (Å²) in [5.74, 6) is 0.833. The Kier molecular flexibility index (Phi) is 3.66. The maximum absolute atomic E-state index is 12.0. The number of carbonyl (C=O) groups excluding carboxylic acids is 1. The average Bonchev–Trinajstić information content (AvgIpc) is 2.79. The molecule has 2 aromatic rings. The molecule has 1 aromatic carbocycles. The van der Waals surface area contributed by atoms with Gasteiger partial charge in [-0.2, -0.15) is 0 Å². The number of morpholine rings is 1. The Morgan fingerprint density at radius 2 is 2.45 bits per heavy atom. The molecule has 1 atom stereocenters. The fourth-order valence-electron chi connectivity index (χ4n) is 2.38. The number of imidazole rings is 1. The van der Waals surface area contributed by atoms with Crippen molar-refractivity contribution in [2.24, 2.45) is 0 Å². The minimum Gasteiger partial charge on any atom is -0.375 e. The summed E-state index contributed by atoms with van der Waals surface area (Å²) < 4.78 is 5.52. The fraction of sp³-hybridized carbons (Fsp3) is 0.429. The number of nitrogens with one attached hydrogen (secondary N) is 3. The topological polar surface area (TPSA) is 79.0 Å². The van der Waals surface area contributed by atoms with Crippen molar-refractivity contribution in [1.29, 1.82) is 0 Å². The molecule has 1 saturated heterocycles. The molecule has 0 aliphatic carbocycles. The fourth-order valence-corrected chi connectivity index (χ4v) is 2.38. The van der Waals surface area contributed by atoms with Crippen LogP contribution in [-0.2, 0) is 9.53 Å². The van der Waals surface area contributed by atoms with E-state index in [2.05, 4.69) is 20.6 Å². The second-order valence-corrected chi connectivity index (χ2v) is 5.00. The van der Waals surface area contributed by atoms with Crippen LogP contribution < -0.4 is 10.6 Å². The zero-order valence-electron chi connectivity index (χ0n) is 11.4. The summed E-state index contributed by atoms with van der Waals surface area (Å²) in [6.07, 6.45) is 0.328. The van der Waals surface area contributed by atoms with E-state index in [1.54, 1.807) is 0 Å². The highest BCUT2D eigenvalue weighted by Crippen LogP contribution is 2.17. The maximum atomic E-state index is 12.0. The summed E-state index contributed by atoms with van der Waals surface area (Å²) >= 11 is 0. The number of aryl methyl sites for hydroxylation is 1. The van der Waals surface area contributed by atoms with Crippen molar-refractivity contribution in [3.63, 3.8) is 0 Å². The first-order chi connectivity index (χ1) is 9.70. The number of H-pyrrole nitrogens is 1. The highest BCUT2D eigenvalue weighted by molar-refractivity contribution is 5.93. The number of carbonyl (C=O) groups is 1. The number of anilines is 1. The molecule has 3 rings (SSSR count). The number of benzene rings is 1. The maximum Gasteiger partial charge on any atom is 0.227 e. The van der Waals surface area contributed by atoms with Gasteiger partial charge in [-0.15, -0.1) is 0 Å². The monoisotopic (exact) mass is 274 g/mol. The molecule has 1 unspecified atom stereocenters. The molecule has 0 radical (unpaired) electrons. The predicted octanol–water partition coefficient (Wildman–Crippen LogP) is 1.19. The number of aromatic nitrogens is 2. The molecule has 6 nitrogen and oxygen atoms in total. The summed E-state index contributed by atoms with van der Waals surface area (Å²) in [5.41, 5.74) is 2.60. The third-order valence-corrected chi connectivity index (χ3v) is 3.30. The molecular weight excluding hydrogens is 256 g/mol. The first-order valence-corrected chi connectivity index (χ1v) is 6.79. The van der Waals surface area contributed by atoms with E-state index in [-0.39, 0.29) is 12.0 Å². The smallest absolute Gasteiger partial charge is 0.227 e. The minimum atomic E-state index is -0.0399. The van der Waals surface area contributed by atoms with E-state index in [0.717, 1.165) is 35.6 Å². The van der Waals surface area contributed by atoms with Gasteiger partial charge in [0.25, 0.3) is 0 Å². The van der Waals surface area contributed by atoms with Crippen molar-refractivity contribution in [2.75, 3.05) is 25.0 Å². The lowest BCUT2D eigenvalue weighted by Gasteiger charge is -2.23. The number of hydrogen-bond donors (Lipinski definition) is 3. The van der Waals surface area contributed by atoms with Crippen molar-refractivity contribution in [3.8, 4) is 0 Å². The summed E-state index contributed by atoms with van der Waals surface area (Å²) in [6.45, 7) is 4.16. The molecule has 0 saturated carbocycles. The van der Waals surface area contributed by atoms with Gasteiger partial charge in [-0.1, -0.05) is 0 Å². The van der Waals surface area contributed by atoms with Gasteiger partial charge in [-0.3, -0.25) is 4.79 Å². The zero-order chi connectivity index (χ0) is 13.9. The Morgan fingerprint density at radius 1 is 1.55 bits per heavy atom. The van der Waals surface area contributed by atoms with Crippen LogP contribution in [-0.4, -0.2) is 41.7 Å². The normalized spacial score (nSPS) is 19.1. The van der Waals surface area contributed by atoms with Gasteiger partial charge in [-0.25, -0.2) is 4.98 Å². The predicted molar refractivity (Wildman–Crippen MR) is 76.7 cm³/mol. The molecule has 106 valence electrons. The van der Waals surface area contributed by atoms with E-state index in [0.29, 0.717) is 13.0 Å². The summed E-state index contributed by atoms with van der Waals surface area (Å²) in [6, 6.07) is 5.65. The molecule has 0 spiro atoms. The molecular formula is C14H18N4O2. The van der Waals surface area contributed by atoms with Gasteiger partial charge in [-0.05, 0) is 25.1 Å². The Balaban J connectivity index is 1.64. The minimum absolute atomic E-state index is 0.0331. The number of nitrogens with zero attached hydrogens (tertiary/aromatic N) is 1. The molecule has 1 fully saturated rings. The van der Waals surface area contributed by atoms with Crippen LogP contribution in [0, 0.1) is 6.92 Å². The third-order valence-electron chi connectivity index (χ3n) is 3.30.